The van der Waals surface area contributed by atoms with E-state index in [1.165, 1.54) is 11.3 Å². The van der Waals surface area contributed by atoms with Gasteiger partial charge in [-0.05, 0) is 24.1 Å². The first-order valence-electron chi connectivity index (χ1n) is 8.05. The summed E-state index contributed by atoms with van der Waals surface area (Å²) >= 11 is 1.23. The number of hydrogen-bond donors (Lipinski definition) is 2. The van der Waals surface area contributed by atoms with Crippen molar-refractivity contribution >= 4 is 28.1 Å². The number of aromatic nitrogens is 1. The number of rotatable bonds is 6. The van der Waals surface area contributed by atoms with Crippen LogP contribution in [0.25, 0.3) is 0 Å². The lowest BCUT2D eigenvalue weighted by Gasteiger charge is -2.14. The molecule has 0 aliphatic heterocycles. The zero-order valence-corrected chi connectivity index (χ0v) is 15.7. The van der Waals surface area contributed by atoms with Crippen LogP contribution in [0.4, 0.5) is 28.4 Å². The van der Waals surface area contributed by atoms with Gasteiger partial charge >= 0.3 is 6.18 Å². The van der Waals surface area contributed by atoms with Gasteiger partial charge in [-0.25, -0.2) is 9.37 Å². The molecule has 2 N–H and O–H groups in total. The maximum absolute atomic E-state index is 13.2. The number of carbonyl (C=O) groups excluding carboxylic acids is 1. The molecule has 0 unspecified atom stereocenters. The Morgan fingerprint density at radius 3 is 2.59 bits per heavy atom. The molecule has 0 spiro atoms. The third kappa shape index (κ3) is 4.95. The van der Waals surface area contributed by atoms with E-state index in [1.807, 2.05) is 13.8 Å². The zero-order chi connectivity index (χ0) is 20.4. The van der Waals surface area contributed by atoms with Crippen molar-refractivity contribution in [3.8, 4) is 0 Å². The lowest BCUT2D eigenvalue weighted by Crippen LogP contribution is -2.22. The Balaban J connectivity index is 2.39. The maximum Gasteiger partial charge on any atom is 0.418 e. The minimum atomic E-state index is -4.82. The van der Waals surface area contributed by atoms with Crippen molar-refractivity contribution in [2.45, 2.75) is 25.9 Å². The molecule has 1 aromatic heterocycles. The molecule has 2 aromatic rings. The van der Waals surface area contributed by atoms with Crippen LogP contribution in [0.15, 0.2) is 18.2 Å². The zero-order valence-electron chi connectivity index (χ0n) is 14.9. The fraction of sp³-hybridized carbons (Fsp3) is 0.412. The van der Waals surface area contributed by atoms with E-state index < -0.39 is 29.2 Å². The van der Waals surface area contributed by atoms with E-state index in [1.54, 1.807) is 11.9 Å². The Labute approximate surface area is 157 Å². The lowest BCUT2D eigenvalue weighted by molar-refractivity contribution is -0.137. The van der Waals surface area contributed by atoms with E-state index in [4.69, 9.17) is 5.11 Å². The second-order valence-corrected chi connectivity index (χ2v) is 7.16. The molecule has 5 nitrogen and oxygen atoms in total. The Morgan fingerprint density at radius 2 is 2.04 bits per heavy atom. The van der Waals surface area contributed by atoms with E-state index >= 15 is 0 Å². The van der Waals surface area contributed by atoms with Crippen LogP contribution >= 0.6 is 11.3 Å². The van der Waals surface area contributed by atoms with Crippen molar-refractivity contribution in [3.05, 3.63) is 40.2 Å². The summed E-state index contributed by atoms with van der Waals surface area (Å²) in [5.41, 5.74) is -1.80. The van der Waals surface area contributed by atoms with Crippen LogP contribution in [0.5, 0.6) is 0 Å². The molecule has 0 aliphatic rings. The third-order valence-corrected chi connectivity index (χ3v) is 5.15. The van der Waals surface area contributed by atoms with E-state index in [-0.39, 0.29) is 18.2 Å². The van der Waals surface area contributed by atoms with Crippen molar-refractivity contribution in [1.82, 2.24) is 4.98 Å². The number of benzene rings is 1. The van der Waals surface area contributed by atoms with Gasteiger partial charge in [-0.1, -0.05) is 13.8 Å². The standard InChI is InChI=1S/C17H19F4N3O2S/c1-9(2)14-13(23-16(27-14)24(3)6-7-25)15(26)22-12-5-4-10(18)8-11(12)17(19,20)21/h4-5,8-9,25H,6-7H2,1-3H3,(H,22,26). The van der Waals surface area contributed by atoms with Crippen molar-refractivity contribution in [2.75, 3.05) is 30.4 Å². The fourth-order valence-electron chi connectivity index (χ4n) is 2.32. The monoisotopic (exact) mass is 405 g/mol. The molecule has 0 bridgehead atoms. The highest BCUT2D eigenvalue weighted by atomic mass is 32.1. The topological polar surface area (TPSA) is 65.5 Å². The Bertz CT molecular complexity index is 821. The van der Waals surface area contributed by atoms with Gasteiger partial charge in [-0.3, -0.25) is 4.79 Å². The summed E-state index contributed by atoms with van der Waals surface area (Å²) in [5, 5.41) is 11.7. The number of alkyl halides is 3. The number of anilines is 2. The average Bonchev–Trinajstić information content (AvgIpc) is 3.01. The number of thiazole rings is 1. The SMILES string of the molecule is CC(C)c1sc(N(C)CCO)nc1C(=O)Nc1ccc(F)cc1C(F)(F)F. The summed E-state index contributed by atoms with van der Waals surface area (Å²) < 4.78 is 52.6. The molecule has 148 valence electrons. The predicted octanol–water partition coefficient (Wildman–Crippen LogP) is 4.11. The Morgan fingerprint density at radius 1 is 1.37 bits per heavy atom. The molecule has 0 saturated heterocycles. The smallest absolute Gasteiger partial charge is 0.395 e. The van der Waals surface area contributed by atoms with Gasteiger partial charge in [0.1, 0.15) is 11.5 Å². The molecular weight excluding hydrogens is 386 g/mol. The van der Waals surface area contributed by atoms with E-state index in [2.05, 4.69) is 10.3 Å². The minimum absolute atomic E-state index is 0.00670. The minimum Gasteiger partial charge on any atom is -0.395 e. The first kappa shape index (κ1) is 21.1. The molecule has 1 amide bonds. The fourth-order valence-corrected chi connectivity index (χ4v) is 3.38. The first-order chi connectivity index (χ1) is 12.5. The molecule has 10 heteroatoms. The van der Waals surface area contributed by atoms with Crippen molar-refractivity contribution in [3.63, 3.8) is 0 Å². The first-order valence-corrected chi connectivity index (χ1v) is 8.87. The summed E-state index contributed by atoms with van der Waals surface area (Å²) in [6.45, 7) is 3.85. The number of aliphatic hydroxyl groups excluding tert-OH is 1. The number of likely N-dealkylation sites (N-methyl/N-ethyl adjacent to an activating group) is 1. The average molecular weight is 405 g/mol. The Hall–Kier alpha value is -2.20. The van der Waals surface area contributed by atoms with Gasteiger partial charge in [0.25, 0.3) is 5.91 Å². The van der Waals surface area contributed by atoms with Gasteiger partial charge < -0.3 is 15.3 Å². The molecule has 27 heavy (non-hydrogen) atoms. The van der Waals surface area contributed by atoms with Gasteiger partial charge in [0.05, 0.1) is 17.9 Å². The second kappa shape index (κ2) is 8.22. The van der Waals surface area contributed by atoms with E-state index in [0.717, 1.165) is 12.1 Å². The maximum atomic E-state index is 13.2. The van der Waals surface area contributed by atoms with Crippen LogP contribution in [0.1, 0.15) is 40.7 Å². The van der Waals surface area contributed by atoms with Gasteiger partial charge in [0.15, 0.2) is 5.13 Å². The summed E-state index contributed by atoms with van der Waals surface area (Å²) in [7, 11) is 1.68. The second-order valence-electron chi connectivity index (χ2n) is 6.15. The Kier molecular flexibility index (Phi) is 6.42. The van der Waals surface area contributed by atoms with Crippen LogP contribution in [-0.4, -0.2) is 36.2 Å². The highest BCUT2D eigenvalue weighted by Crippen LogP contribution is 2.36. The molecule has 0 fully saturated rings. The van der Waals surface area contributed by atoms with Crippen molar-refractivity contribution < 1.29 is 27.5 Å². The molecule has 0 saturated carbocycles. The van der Waals surface area contributed by atoms with E-state index in [9.17, 15) is 22.4 Å². The number of hydrogen-bond acceptors (Lipinski definition) is 5. The lowest BCUT2D eigenvalue weighted by atomic mass is 10.1. The number of nitrogens with zero attached hydrogens (tertiary/aromatic N) is 2. The van der Waals surface area contributed by atoms with Crippen LogP contribution in [0, 0.1) is 5.82 Å². The molecule has 0 atom stereocenters. The highest BCUT2D eigenvalue weighted by Gasteiger charge is 2.35. The van der Waals surface area contributed by atoms with Crippen LogP contribution in [0.3, 0.4) is 0 Å². The number of amides is 1. The van der Waals surface area contributed by atoms with E-state index in [0.29, 0.717) is 22.6 Å². The van der Waals surface area contributed by atoms with Crippen LogP contribution in [0.2, 0.25) is 0 Å². The quantitative estimate of drug-likeness (QED) is 0.710. The normalized spacial score (nSPS) is 11.7. The van der Waals surface area contributed by atoms with Crippen LogP contribution in [-0.2, 0) is 6.18 Å². The summed E-state index contributed by atoms with van der Waals surface area (Å²) in [6, 6.07) is 2.05. The van der Waals surface area contributed by atoms with Crippen molar-refractivity contribution in [1.29, 1.82) is 0 Å². The molecule has 0 radical (unpaired) electrons. The van der Waals surface area contributed by atoms with Gasteiger partial charge in [0.2, 0.25) is 0 Å². The molecular formula is C17H19F4N3O2S. The largest absolute Gasteiger partial charge is 0.418 e. The molecule has 1 heterocycles. The molecule has 2 rings (SSSR count). The predicted molar refractivity (Wildman–Crippen MR) is 95.9 cm³/mol. The number of carbonyl (C=O) groups is 1. The van der Waals surface area contributed by atoms with Gasteiger partial charge in [0, 0.05) is 18.5 Å². The summed E-state index contributed by atoms with van der Waals surface area (Å²) in [6.07, 6.45) is -4.82. The molecule has 1 aromatic carbocycles. The van der Waals surface area contributed by atoms with Crippen molar-refractivity contribution in [2.24, 2.45) is 0 Å². The number of halogens is 4. The number of aliphatic hydroxyl groups is 1. The molecule has 0 aliphatic carbocycles. The third-order valence-electron chi connectivity index (χ3n) is 3.68. The van der Waals surface area contributed by atoms with Gasteiger partial charge in [-0.2, -0.15) is 13.2 Å². The number of nitrogens with one attached hydrogen (secondary N) is 1. The van der Waals surface area contributed by atoms with Gasteiger partial charge in [-0.15, -0.1) is 11.3 Å². The highest BCUT2D eigenvalue weighted by molar-refractivity contribution is 7.16. The summed E-state index contributed by atoms with van der Waals surface area (Å²) in [5.74, 6) is -1.95. The van der Waals surface area contributed by atoms with Crippen LogP contribution < -0.4 is 10.2 Å². The summed E-state index contributed by atoms with van der Waals surface area (Å²) in [4.78, 5) is 19.1.